The van der Waals surface area contributed by atoms with Gasteiger partial charge in [-0.15, -0.1) is 0 Å². The smallest absolute Gasteiger partial charge is 0.316 e. The highest BCUT2D eigenvalue weighted by atomic mass is 16.5. The average Bonchev–Trinajstić information content (AvgIpc) is 2.98. The van der Waals surface area contributed by atoms with E-state index in [2.05, 4.69) is 16.4 Å². The Morgan fingerprint density at radius 3 is 2.24 bits per heavy atom. The normalized spacial score (nSPS) is 14.4. The van der Waals surface area contributed by atoms with Crippen molar-refractivity contribution in [1.29, 1.82) is 5.26 Å². The molecule has 0 aliphatic carbocycles. The first kappa shape index (κ1) is 27.6. The highest BCUT2D eigenvalue weighted by Crippen LogP contribution is 2.31. The van der Waals surface area contributed by atoms with E-state index in [4.69, 9.17) is 31.5 Å². The molecule has 1 unspecified atom stereocenters. The van der Waals surface area contributed by atoms with Crippen LogP contribution in [0.25, 0.3) is 0 Å². The maximum absolute atomic E-state index is 11.3. The zero-order valence-electron chi connectivity index (χ0n) is 22.3. The lowest BCUT2D eigenvalue weighted by Crippen LogP contribution is -2.49. The molecule has 11 heteroatoms. The Balaban J connectivity index is 1.48. The second-order valence-corrected chi connectivity index (χ2v) is 9.15. The number of nitrogens with two attached hydrogens (primary N) is 3. The van der Waals surface area contributed by atoms with Crippen molar-refractivity contribution in [3.63, 3.8) is 0 Å². The lowest BCUT2D eigenvalue weighted by atomic mass is 10.1. The van der Waals surface area contributed by atoms with Gasteiger partial charge in [-0.3, -0.25) is 0 Å². The molecule has 0 saturated heterocycles. The first-order valence-corrected chi connectivity index (χ1v) is 12.8. The van der Waals surface area contributed by atoms with E-state index < -0.39 is 12.4 Å². The summed E-state index contributed by atoms with van der Waals surface area (Å²) < 4.78 is 18.2. The van der Waals surface area contributed by atoms with Crippen LogP contribution < -0.4 is 36.8 Å². The van der Waals surface area contributed by atoms with Crippen molar-refractivity contribution in [2.45, 2.75) is 12.8 Å². The third-order valence-corrected chi connectivity index (χ3v) is 6.04. The molecular weight excluding hydrogens is 534 g/mol. The van der Waals surface area contributed by atoms with Crippen molar-refractivity contribution in [2.75, 3.05) is 5.32 Å². The quantitative estimate of drug-likeness (QED) is 0.215. The molecule has 1 aliphatic rings. The molecule has 7 N–H and O–H groups in total. The number of carbonyl (C=O) groups excluding carboxylic acids is 1. The molecule has 1 heterocycles. The van der Waals surface area contributed by atoms with Crippen LogP contribution in [0.5, 0.6) is 23.0 Å². The lowest BCUT2D eigenvalue weighted by Gasteiger charge is -2.33. The third-order valence-electron chi connectivity index (χ3n) is 6.04. The molecule has 0 fully saturated rings. The molecule has 0 spiro atoms. The van der Waals surface area contributed by atoms with Gasteiger partial charge in [0.25, 0.3) is 6.35 Å². The summed E-state index contributed by atoms with van der Waals surface area (Å²) >= 11 is 0. The number of hydrazine groups is 1. The summed E-state index contributed by atoms with van der Waals surface area (Å²) in [4.78, 5) is 16.0. The molecule has 0 aromatic heterocycles. The number of ether oxygens (including phenoxy) is 3. The van der Waals surface area contributed by atoms with Crippen LogP contribution in [0, 0.1) is 11.3 Å². The molecule has 0 saturated carbocycles. The number of benzene rings is 4. The maximum Gasteiger partial charge on any atom is 0.316 e. The van der Waals surface area contributed by atoms with Crippen molar-refractivity contribution < 1.29 is 19.0 Å². The summed E-state index contributed by atoms with van der Waals surface area (Å²) in [5, 5.41) is 13.3. The highest BCUT2D eigenvalue weighted by molar-refractivity contribution is 6.01. The molecule has 4 aromatic carbocycles. The first-order chi connectivity index (χ1) is 20.4. The number of amides is 2. The molecule has 42 heavy (non-hydrogen) atoms. The fraction of sp³-hybridized carbons (Fsp3) is 0.0645. The van der Waals surface area contributed by atoms with E-state index in [1.54, 1.807) is 54.6 Å². The second kappa shape index (κ2) is 12.5. The molecule has 5 rings (SSSR count). The van der Waals surface area contributed by atoms with Gasteiger partial charge in [-0.05, 0) is 42.0 Å². The summed E-state index contributed by atoms with van der Waals surface area (Å²) in [5.41, 5.74) is 14.2. The Hall–Kier alpha value is -5.99. The molecule has 0 radical (unpaired) electrons. The Bertz CT molecular complexity index is 1680. The van der Waals surface area contributed by atoms with Crippen LogP contribution in [-0.2, 0) is 6.42 Å². The Morgan fingerprint density at radius 1 is 0.881 bits per heavy atom. The first-order valence-electron chi connectivity index (χ1n) is 12.8. The molecule has 2 amide bonds. The Morgan fingerprint density at radius 2 is 1.55 bits per heavy atom. The number of nitriles is 1. The van der Waals surface area contributed by atoms with E-state index in [0.29, 0.717) is 40.6 Å². The minimum absolute atomic E-state index is 0.0631. The number of nitrogens with zero attached hydrogens (tertiary/aromatic N) is 3. The van der Waals surface area contributed by atoms with Crippen LogP contribution in [0.4, 0.5) is 10.5 Å². The van der Waals surface area contributed by atoms with Crippen LogP contribution in [0.2, 0.25) is 0 Å². The molecule has 11 nitrogen and oxygen atoms in total. The van der Waals surface area contributed by atoms with Gasteiger partial charge >= 0.3 is 6.03 Å². The molecule has 4 aromatic rings. The number of urea groups is 1. The fourth-order valence-corrected chi connectivity index (χ4v) is 4.15. The number of hydrogen-bond donors (Lipinski definition) is 4. The number of carbonyl (C=O) groups is 1. The lowest BCUT2D eigenvalue weighted by molar-refractivity contribution is 0.0226. The van der Waals surface area contributed by atoms with Crippen molar-refractivity contribution in [2.24, 2.45) is 22.3 Å². The minimum Gasteiger partial charge on any atom is -0.457 e. The third kappa shape index (κ3) is 6.77. The van der Waals surface area contributed by atoms with Gasteiger partial charge in [-0.1, -0.05) is 54.6 Å². The summed E-state index contributed by atoms with van der Waals surface area (Å²) in [6, 6.07) is 31.6. The number of rotatable bonds is 9. The largest absolute Gasteiger partial charge is 0.457 e. The monoisotopic (exact) mass is 561 g/mol. The molecule has 0 bridgehead atoms. The van der Waals surface area contributed by atoms with Crippen LogP contribution in [0.3, 0.4) is 0 Å². The SMILES string of the molecule is N#Cc1cc(OC2=C(N)C(Cc3ccccc3)=NC(Oc3cccc(NC(N)=O)c3)N2N)cc(Oc2ccccc2)c1. The number of nitrogens with one attached hydrogen (secondary N) is 1. The highest BCUT2D eigenvalue weighted by Gasteiger charge is 2.31. The van der Waals surface area contributed by atoms with E-state index in [-0.39, 0.29) is 17.3 Å². The van der Waals surface area contributed by atoms with E-state index in [0.717, 1.165) is 10.6 Å². The summed E-state index contributed by atoms with van der Waals surface area (Å²) in [7, 11) is 0. The van der Waals surface area contributed by atoms with E-state index in [9.17, 15) is 10.1 Å². The molecule has 210 valence electrons. The summed E-state index contributed by atoms with van der Waals surface area (Å²) in [6.07, 6.45) is -0.717. The second-order valence-electron chi connectivity index (χ2n) is 9.15. The van der Waals surface area contributed by atoms with Crippen molar-refractivity contribution in [3.05, 3.63) is 126 Å². The number of anilines is 1. The van der Waals surface area contributed by atoms with E-state index >= 15 is 0 Å². The number of aliphatic imine (C=N–C) groups is 1. The predicted octanol–water partition coefficient (Wildman–Crippen LogP) is 4.58. The number of para-hydroxylation sites is 1. The zero-order valence-corrected chi connectivity index (χ0v) is 22.3. The molecule has 1 aliphatic heterocycles. The van der Waals surface area contributed by atoms with Crippen LogP contribution in [-0.4, -0.2) is 23.1 Å². The van der Waals surface area contributed by atoms with Gasteiger partial charge in [0.1, 0.15) is 28.7 Å². The standard InChI is InChI=1S/C31H27N7O4/c32-19-21-14-25(40-23-11-5-2-6-12-23)18-26(15-21)41-29-28(33)27(16-20-8-3-1-4-9-20)37-31(38(29)35)42-24-13-7-10-22(17-24)36-30(34)39/h1-15,17-18,31H,16,33,35H2,(H3,34,36,39). The van der Waals surface area contributed by atoms with E-state index in [1.807, 2.05) is 48.5 Å². The molecular formula is C31H27N7O4. The van der Waals surface area contributed by atoms with Crippen LogP contribution in [0.15, 0.2) is 120 Å². The maximum atomic E-state index is 11.3. The van der Waals surface area contributed by atoms with Gasteiger partial charge in [0, 0.05) is 24.2 Å². The van der Waals surface area contributed by atoms with Crippen molar-refractivity contribution in [3.8, 4) is 29.1 Å². The fourth-order valence-electron chi connectivity index (χ4n) is 4.15. The minimum atomic E-state index is -1.09. The number of hydrogen-bond acceptors (Lipinski definition) is 9. The van der Waals surface area contributed by atoms with Gasteiger partial charge in [0.2, 0.25) is 5.88 Å². The van der Waals surface area contributed by atoms with Crippen molar-refractivity contribution >= 4 is 17.4 Å². The predicted molar refractivity (Wildman–Crippen MR) is 157 cm³/mol. The number of allylic oxidation sites excluding steroid dienone is 1. The molecule has 1 atom stereocenters. The summed E-state index contributed by atoms with van der Waals surface area (Å²) in [6.45, 7) is 0. The van der Waals surface area contributed by atoms with Gasteiger partial charge < -0.3 is 31.0 Å². The van der Waals surface area contributed by atoms with Crippen molar-refractivity contribution in [1.82, 2.24) is 5.01 Å². The van der Waals surface area contributed by atoms with Gasteiger partial charge in [-0.2, -0.15) is 5.26 Å². The zero-order chi connectivity index (χ0) is 29.5. The van der Waals surface area contributed by atoms with Gasteiger partial charge in [0.15, 0.2) is 0 Å². The van der Waals surface area contributed by atoms with Crippen LogP contribution >= 0.6 is 0 Å². The van der Waals surface area contributed by atoms with Crippen LogP contribution in [0.1, 0.15) is 11.1 Å². The van der Waals surface area contributed by atoms with Gasteiger partial charge in [-0.25, -0.2) is 20.6 Å². The average molecular weight is 562 g/mol. The number of primary amides is 1. The topological polar surface area (TPSA) is 174 Å². The Labute approximate surface area is 242 Å². The van der Waals surface area contributed by atoms with Gasteiger partial charge in [0.05, 0.1) is 17.3 Å². The summed E-state index contributed by atoms with van der Waals surface area (Å²) in [5.74, 6) is 8.13. The Kier molecular flexibility index (Phi) is 8.18. The van der Waals surface area contributed by atoms with E-state index in [1.165, 1.54) is 0 Å².